The van der Waals surface area contributed by atoms with E-state index in [-0.39, 0.29) is 5.84 Å². The highest BCUT2D eigenvalue weighted by Gasteiger charge is 2.14. The van der Waals surface area contributed by atoms with Gasteiger partial charge in [0.2, 0.25) is 0 Å². The Bertz CT molecular complexity index is 672. The second-order valence-electron chi connectivity index (χ2n) is 4.76. The van der Waals surface area contributed by atoms with Crippen LogP contribution in [-0.2, 0) is 6.54 Å². The summed E-state index contributed by atoms with van der Waals surface area (Å²) >= 11 is 6.18. The van der Waals surface area contributed by atoms with Crippen LogP contribution in [0.2, 0.25) is 5.02 Å². The fraction of sp³-hybridized carbons (Fsp3) is 0.200. The minimum Gasteiger partial charge on any atom is -0.409 e. The summed E-state index contributed by atoms with van der Waals surface area (Å²) in [5, 5.41) is 12.6. The monoisotopic (exact) mass is 304 g/mol. The van der Waals surface area contributed by atoms with E-state index < -0.39 is 0 Å². The highest BCUT2D eigenvalue weighted by molar-refractivity contribution is 6.31. The fourth-order valence-corrected chi connectivity index (χ4v) is 2.24. The van der Waals surface area contributed by atoms with Crippen LogP contribution in [0.1, 0.15) is 16.8 Å². The molecule has 0 unspecified atom stereocenters. The first-order valence-electron chi connectivity index (χ1n) is 6.43. The Labute approximate surface area is 128 Å². The van der Waals surface area contributed by atoms with Crippen LogP contribution in [0.5, 0.6) is 0 Å². The topological polar surface area (TPSA) is 74.7 Å². The number of nitrogens with two attached hydrogens (primary N) is 1. The third-order valence-electron chi connectivity index (χ3n) is 3.12. The van der Waals surface area contributed by atoms with Gasteiger partial charge in [0, 0.05) is 24.3 Å². The summed E-state index contributed by atoms with van der Waals surface area (Å²) in [5.41, 5.74) is 8.13. The molecule has 0 fully saturated rings. The van der Waals surface area contributed by atoms with E-state index in [9.17, 15) is 0 Å². The van der Waals surface area contributed by atoms with Crippen molar-refractivity contribution in [1.29, 1.82) is 0 Å². The second kappa shape index (κ2) is 6.45. The maximum atomic E-state index is 8.89. The number of aromatic nitrogens is 1. The zero-order chi connectivity index (χ0) is 15.4. The van der Waals surface area contributed by atoms with Crippen molar-refractivity contribution in [2.45, 2.75) is 13.5 Å². The van der Waals surface area contributed by atoms with Crippen LogP contribution >= 0.6 is 11.6 Å². The lowest BCUT2D eigenvalue weighted by molar-refractivity contribution is 0.318. The van der Waals surface area contributed by atoms with E-state index in [1.165, 1.54) is 0 Å². The standard InChI is InChI=1S/C15H17ClN4O/c1-10-7-8-12(14(17)19-21)15(18-10)20(2)9-11-5-3-4-6-13(11)16/h3-8,21H,9H2,1-2H3,(H2,17,19). The minimum atomic E-state index is 0.0310. The third kappa shape index (κ3) is 3.44. The van der Waals surface area contributed by atoms with E-state index in [1.807, 2.05) is 49.2 Å². The summed E-state index contributed by atoms with van der Waals surface area (Å²) in [6, 6.07) is 11.2. The average molecular weight is 305 g/mol. The van der Waals surface area contributed by atoms with Crippen LogP contribution in [0.3, 0.4) is 0 Å². The van der Waals surface area contributed by atoms with Gasteiger partial charge in [-0.1, -0.05) is 35.0 Å². The summed E-state index contributed by atoms with van der Waals surface area (Å²) in [4.78, 5) is 6.40. The Morgan fingerprint density at radius 1 is 1.33 bits per heavy atom. The van der Waals surface area contributed by atoms with Crippen molar-refractivity contribution in [1.82, 2.24) is 4.98 Å². The highest BCUT2D eigenvalue weighted by atomic mass is 35.5. The molecule has 5 nitrogen and oxygen atoms in total. The SMILES string of the molecule is Cc1ccc(C(N)=NO)c(N(C)Cc2ccccc2Cl)n1. The highest BCUT2D eigenvalue weighted by Crippen LogP contribution is 2.22. The molecule has 0 aliphatic heterocycles. The van der Waals surface area contributed by atoms with Gasteiger partial charge < -0.3 is 15.8 Å². The number of benzene rings is 1. The van der Waals surface area contributed by atoms with Gasteiger partial charge in [-0.2, -0.15) is 0 Å². The first-order chi connectivity index (χ1) is 10.0. The molecule has 0 atom stereocenters. The van der Waals surface area contributed by atoms with Gasteiger partial charge in [-0.15, -0.1) is 0 Å². The van der Waals surface area contributed by atoms with E-state index in [0.29, 0.717) is 22.9 Å². The first kappa shape index (κ1) is 15.1. The van der Waals surface area contributed by atoms with Crippen LogP contribution < -0.4 is 10.6 Å². The molecule has 0 bridgehead atoms. The van der Waals surface area contributed by atoms with Crippen molar-refractivity contribution in [2.75, 3.05) is 11.9 Å². The van der Waals surface area contributed by atoms with E-state index in [4.69, 9.17) is 22.5 Å². The summed E-state index contributed by atoms with van der Waals surface area (Å²) in [6.45, 7) is 2.46. The summed E-state index contributed by atoms with van der Waals surface area (Å²) in [7, 11) is 1.89. The van der Waals surface area contributed by atoms with Gasteiger partial charge in [0.15, 0.2) is 5.84 Å². The number of hydrogen-bond acceptors (Lipinski definition) is 4. The van der Waals surface area contributed by atoms with Gasteiger partial charge in [-0.25, -0.2) is 4.98 Å². The molecule has 1 heterocycles. The van der Waals surface area contributed by atoms with Crippen molar-refractivity contribution in [2.24, 2.45) is 10.9 Å². The number of anilines is 1. The van der Waals surface area contributed by atoms with Gasteiger partial charge in [0.25, 0.3) is 0 Å². The Kier molecular flexibility index (Phi) is 4.65. The molecule has 3 N–H and O–H groups in total. The van der Waals surface area contributed by atoms with Crippen molar-refractivity contribution in [3.8, 4) is 0 Å². The number of halogens is 1. The van der Waals surface area contributed by atoms with Crippen LogP contribution in [-0.4, -0.2) is 23.1 Å². The van der Waals surface area contributed by atoms with Crippen LogP contribution in [0.25, 0.3) is 0 Å². The molecule has 0 amide bonds. The van der Waals surface area contributed by atoms with Gasteiger partial charge in [-0.05, 0) is 30.7 Å². The predicted molar refractivity (Wildman–Crippen MR) is 85.0 cm³/mol. The maximum absolute atomic E-state index is 8.89. The van der Waals surface area contributed by atoms with E-state index in [0.717, 1.165) is 11.3 Å². The van der Waals surface area contributed by atoms with Gasteiger partial charge in [0.1, 0.15) is 5.82 Å². The molecule has 0 spiro atoms. The lowest BCUT2D eigenvalue weighted by Gasteiger charge is -2.22. The van der Waals surface area contributed by atoms with Crippen molar-refractivity contribution in [3.63, 3.8) is 0 Å². The number of pyridine rings is 1. The number of hydrogen-bond donors (Lipinski definition) is 2. The van der Waals surface area contributed by atoms with E-state index in [2.05, 4.69) is 10.1 Å². The Balaban J connectivity index is 2.37. The largest absolute Gasteiger partial charge is 0.409 e. The number of rotatable bonds is 4. The lowest BCUT2D eigenvalue weighted by Crippen LogP contribution is -2.24. The molecule has 110 valence electrons. The molecule has 1 aromatic heterocycles. The third-order valence-corrected chi connectivity index (χ3v) is 3.49. The normalized spacial score (nSPS) is 11.5. The average Bonchev–Trinajstić information content (AvgIpc) is 2.48. The lowest BCUT2D eigenvalue weighted by atomic mass is 10.1. The molecule has 0 aliphatic carbocycles. The molecule has 2 rings (SSSR count). The van der Waals surface area contributed by atoms with Crippen molar-refractivity contribution in [3.05, 3.63) is 58.2 Å². The molecule has 0 saturated carbocycles. The molecule has 6 heteroatoms. The first-order valence-corrected chi connectivity index (χ1v) is 6.81. The smallest absolute Gasteiger partial charge is 0.173 e. The molecule has 0 saturated heterocycles. The van der Waals surface area contributed by atoms with E-state index >= 15 is 0 Å². The molecular weight excluding hydrogens is 288 g/mol. The van der Waals surface area contributed by atoms with Crippen LogP contribution in [0.4, 0.5) is 5.82 Å². The van der Waals surface area contributed by atoms with Crippen LogP contribution in [0, 0.1) is 6.92 Å². The van der Waals surface area contributed by atoms with Crippen molar-refractivity contribution >= 4 is 23.3 Å². The predicted octanol–water partition coefficient (Wildman–Crippen LogP) is 2.77. The molecule has 2 aromatic rings. The van der Waals surface area contributed by atoms with Gasteiger partial charge in [-0.3, -0.25) is 0 Å². The fourth-order valence-electron chi connectivity index (χ4n) is 2.04. The van der Waals surface area contributed by atoms with Crippen LogP contribution in [0.15, 0.2) is 41.6 Å². The zero-order valence-electron chi connectivity index (χ0n) is 11.9. The molecule has 1 aromatic carbocycles. The molecule has 0 aliphatic rings. The molecular formula is C15H17ClN4O. The summed E-state index contributed by atoms with van der Waals surface area (Å²) in [6.07, 6.45) is 0. The molecule has 21 heavy (non-hydrogen) atoms. The Morgan fingerprint density at radius 2 is 2.05 bits per heavy atom. The van der Waals surface area contributed by atoms with Gasteiger partial charge >= 0.3 is 0 Å². The maximum Gasteiger partial charge on any atom is 0.173 e. The number of amidine groups is 1. The Hall–Kier alpha value is -2.27. The quantitative estimate of drug-likeness (QED) is 0.394. The Morgan fingerprint density at radius 3 is 2.71 bits per heavy atom. The number of nitrogens with zero attached hydrogens (tertiary/aromatic N) is 3. The van der Waals surface area contributed by atoms with Crippen molar-refractivity contribution < 1.29 is 5.21 Å². The second-order valence-corrected chi connectivity index (χ2v) is 5.16. The number of aryl methyl sites for hydroxylation is 1. The van der Waals surface area contributed by atoms with E-state index in [1.54, 1.807) is 6.07 Å². The summed E-state index contributed by atoms with van der Waals surface area (Å²) < 4.78 is 0. The number of oxime groups is 1. The molecule has 0 radical (unpaired) electrons. The van der Waals surface area contributed by atoms with Gasteiger partial charge in [0.05, 0.1) is 5.56 Å². The summed E-state index contributed by atoms with van der Waals surface area (Å²) in [5.74, 6) is 0.675. The zero-order valence-corrected chi connectivity index (χ0v) is 12.7. The minimum absolute atomic E-state index is 0.0310.